The van der Waals surface area contributed by atoms with Crippen LogP contribution in [0.3, 0.4) is 0 Å². The van der Waals surface area contributed by atoms with E-state index in [4.69, 9.17) is 0 Å². The number of benzene rings is 2. The molecular formula is C24H32N2O2. The molecule has 0 fully saturated rings. The van der Waals surface area contributed by atoms with Crippen LogP contribution in [0.1, 0.15) is 49.4 Å². The Morgan fingerprint density at radius 2 is 1.75 bits per heavy atom. The molecule has 28 heavy (non-hydrogen) atoms. The Kier molecular flexibility index (Phi) is 7.80. The minimum Gasteiger partial charge on any atom is -0.352 e. The summed E-state index contributed by atoms with van der Waals surface area (Å²) in [5.41, 5.74) is 4.27. The fourth-order valence-electron chi connectivity index (χ4n) is 3.12. The molecule has 0 unspecified atom stereocenters. The van der Waals surface area contributed by atoms with Gasteiger partial charge in [-0.3, -0.25) is 9.59 Å². The highest BCUT2D eigenvalue weighted by atomic mass is 16.2. The molecule has 2 aromatic carbocycles. The van der Waals surface area contributed by atoms with E-state index in [2.05, 4.69) is 5.32 Å². The molecule has 2 atom stereocenters. The van der Waals surface area contributed by atoms with E-state index in [0.29, 0.717) is 6.54 Å². The van der Waals surface area contributed by atoms with E-state index in [-0.39, 0.29) is 24.3 Å². The smallest absolute Gasteiger partial charge is 0.242 e. The number of nitrogens with zero attached hydrogens (tertiary/aromatic N) is 1. The van der Waals surface area contributed by atoms with Gasteiger partial charge in [-0.15, -0.1) is 0 Å². The third-order valence-corrected chi connectivity index (χ3v) is 5.21. The van der Waals surface area contributed by atoms with Gasteiger partial charge in [0, 0.05) is 12.6 Å². The Hall–Kier alpha value is -2.62. The molecule has 0 bridgehead atoms. The van der Waals surface area contributed by atoms with Crippen LogP contribution in [0.15, 0.2) is 48.5 Å². The van der Waals surface area contributed by atoms with Crippen molar-refractivity contribution in [2.24, 2.45) is 0 Å². The van der Waals surface area contributed by atoms with Crippen LogP contribution in [-0.4, -0.2) is 28.8 Å². The highest BCUT2D eigenvalue weighted by molar-refractivity contribution is 5.88. The largest absolute Gasteiger partial charge is 0.352 e. The fourth-order valence-corrected chi connectivity index (χ4v) is 3.12. The van der Waals surface area contributed by atoms with Gasteiger partial charge in [-0.05, 0) is 50.8 Å². The van der Waals surface area contributed by atoms with Crippen LogP contribution in [0.2, 0.25) is 0 Å². The summed E-state index contributed by atoms with van der Waals surface area (Å²) in [7, 11) is 0. The fraction of sp³-hybridized carbons (Fsp3) is 0.417. The van der Waals surface area contributed by atoms with E-state index in [0.717, 1.165) is 28.7 Å². The van der Waals surface area contributed by atoms with E-state index in [9.17, 15) is 9.59 Å². The van der Waals surface area contributed by atoms with Crippen molar-refractivity contribution in [3.63, 3.8) is 0 Å². The molecule has 1 N–H and O–H groups in total. The quantitative estimate of drug-likeness (QED) is 0.747. The van der Waals surface area contributed by atoms with Crippen molar-refractivity contribution in [1.29, 1.82) is 0 Å². The second-order valence-electron chi connectivity index (χ2n) is 7.61. The minimum atomic E-state index is -0.536. The van der Waals surface area contributed by atoms with Gasteiger partial charge >= 0.3 is 0 Å². The molecule has 0 spiro atoms. The predicted octanol–water partition coefficient (Wildman–Crippen LogP) is 4.18. The molecule has 0 aliphatic carbocycles. The summed E-state index contributed by atoms with van der Waals surface area (Å²) < 4.78 is 0. The second kappa shape index (κ2) is 10.1. The molecule has 2 rings (SSSR count). The zero-order valence-corrected chi connectivity index (χ0v) is 17.7. The molecular weight excluding hydrogens is 348 g/mol. The summed E-state index contributed by atoms with van der Waals surface area (Å²) in [6.45, 7) is 10.3. The number of nitrogens with one attached hydrogen (secondary N) is 1. The van der Waals surface area contributed by atoms with Crippen molar-refractivity contribution in [2.45, 2.75) is 66.1 Å². The first kappa shape index (κ1) is 21.7. The molecule has 0 saturated heterocycles. The van der Waals surface area contributed by atoms with Gasteiger partial charge in [0.15, 0.2) is 0 Å². The number of carbonyl (C=O) groups excluding carboxylic acids is 2. The number of rotatable bonds is 8. The first-order chi connectivity index (χ1) is 13.3. The van der Waals surface area contributed by atoms with Crippen LogP contribution < -0.4 is 5.32 Å². The van der Waals surface area contributed by atoms with Crippen LogP contribution in [0.5, 0.6) is 0 Å². The summed E-state index contributed by atoms with van der Waals surface area (Å²) in [6, 6.07) is 15.5. The Bertz CT molecular complexity index is 816. The van der Waals surface area contributed by atoms with E-state index in [1.807, 2.05) is 83.1 Å². The molecule has 150 valence electrons. The van der Waals surface area contributed by atoms with Gasteiger partial charge in [0.2, 0.25) is 11.8 Å². The van der Waals surface area contributed by atoms with E-state index >= 15 is 0 Å². The van der Waals surface area contributed by atoms with Crippen molar-refractivity contribution in [1.82, 2.24) is 10.2 Å². The third-order valence-electron chi connectivity index (χ3n) is 5.21. The van der Waals surface area contributed by atoms with Crippen LogP contribution in [0.25, 0.3) is 0 Å². The zero-order valence-electron chi connectivity index (χ0n) is 17.7. The summed E-state index contributed by atoms with van der Waals surface area (Å²) in [4.78, 5) is 27.6. The number of aryl methyl sites for hydroxylation is 2. The van der Waals surface area contributed by atoms with Crippen molar-refractivity contribution < 1.29 is 9.59 Å². The molecule has 0 radical (unpaired) electrons. The molecule has 0 heterocycles. The summed E-state index contributed by atoms with van der Waals surface area (Å²) >= 11 is 0. The highest BCUT2D eigenvalue weighted by Crippen LogP contribution is 2.16. The normalized spacial score (nSPS) is 12.9. The standard InChI is InChI=1S/C24H32N2O2/c1-6-19(4)25-24(28)20(5)26(16-22-13-8-7-11-18(22)3)23(27)15-21-12-9-10-17(2)14-21/h7-14,19-20H,6,15-16H2,1-5H3,(H,25,28)/t19-,20+/m0/s1. The maximum absolute atomic E-state index is 13.2. The number of amides is 2. The number of carbonyl (C=O) groups is 2. The molecule has 2 amide bonds. The third kappa shape index (κ3) is 5.95. The lowest BCUT2D eigenvalue weighted by molar-refractivity contribution is -0.140. The Morgan fingerprint density at radius 1 is 1.04 bits per heavy atom. The first-order valence-electron chi connectivity index (χ1n) is 10.0. The van der Waals surface area contributed by atoms with Gasteiger partial charge in [-0.25, -0.2) is 0 Å². The maximum atomic E-state index is 13.2. The van der Waals surface area contributed by atoms with Crippen molar-refractivity contribution >= 4 is 11.8 Å². The van der Waals surface area contributed by atoms with Gasteiger partial charge in [0.1, 0.15) is 6.04 Å². The Labute approximate surface area is 169 Å². The SMILES string of the molecule is CC[C@H](C)NC(=O)[C@@H](C)N(Cc1ccccc1C)C(=O)Cc1cccc(C)c1. The maximum Gasteiger partial charge on any atom is 0.242 e. The lowest BCUT2D eigenvalue weighted by atomic mass is 10.0. The summed E-state index contributed by atoms with van der Waals surface area (Å²) in [5.74, 6) is -0.152. The van der Waals surface area contributed by atoms with E-state index < -0.39 is 6.04 Å². The molecule has 0 aliphatic heterocycles. The molecule has 0 aliphatic rings. The highest BCUT2D eigenvalue weighted by Gasteiger charge is 2.27. The molecule has 0 saturated carbocycles. The molecule has 0 aromatic heterocycles. The zero-order chi connectivity index (χ0) is 20.7. The Balaban J connectivity index is 2.25. The van der Waals surface area contributed by atoms with Crippen molar-refractivity contribution in [3.05, 3.63) is 70.8 Å². The van der Waals surface area contributed by atoms with Crippen LogP contribution in [-0.2, 0) is 22.6 Å². The Morgan fingerprint density at radius 3 is 2.39 bits per heavy atom. The molecule has 2 aromatic rings. The average molecular weight is 381 g/mol. The lowest BCUT2D eigenvalue weighted by Crippen LogP contribution is -2.50. The van der Waals surface area contributed by atoms with Crippen molar-refractivity contribution in [2.75, 3.05) is 0 Å². The van der Waals surface area contributed by atoms with Gasteiger partial charge in [0.05, 0.1) is 6.42 Å². The second-order valence-corrected chi connectivity index (χ2v) is 7.61. The van der Waals surface area contributed by atoms with Gasteiger partial charge in [-0.1, -0.05) is 61.0 Å². The summed E-state index contributed by atoms with van der Waals surface area (Å²) in [5, 5.41) is 3.01. The molecule has 4 heteroatoms. The van der Waals surface area contributed by atoms with Gasteiger partial charge < -0.3 is 10.2 Å². The van der Waals surface area contributed by atoms with Gasteiger partial charge in [-0.2, -0.15) is 0 Å². The van der Waals surface area contributed by atoms with E-state index in [1.165, 1.54) is 0 Å². The topological polar surface area (TPSA) is 49.4 Å². The monoisotopic (exact) mass is 380 g/mol. The molecule has 4 nitrogen and oxygen atoms in total. The van der Waals surface area contributed by atoms with Gasteiger partial charge in [0.25, 0.3) is 0 Å². The van der Waals surface area contributed by atoms with Crippen LogP contribution in [0.4, 0.5) is 0 Å². The number of hydrogen-bond acceptors (Lipinski definition) is 2. The summed E-state index contributed by atoms with van der Waals surface area (Å²) in [6.07, 6.45) is 1.14. The van der Waals surface area contributed by atoms with E-state index in [1.54, 1.807) is 4.90 Å². The number of hydrogen-bond donors (Lipinski definition) is 1. The van der Waals surface area contributed by atoms with Crippen LogP contribution in [0, 0.1) is 13.8 Å². The lowest BCUT2D eigenvalue weighted by Gasteiger charge is -2.30. The van der Waals surface area contributed by atoms with Crippen LogP contribution >= 0.6 is 0 Å². The van der Waals surface area contributed by atoms with Crippen molar-refractivity contribution in [3.8, 4) is 0 Å². The minimum absolute atomic E-state index is 0.0411. The average Bonchev–Trinajstić information content (AvgIpc) is 2.66. The predicted molar refractivity (Wildman–Crippen MR) is 114 cm³/mol. The first-order valence-corrected chi connectivity index (χ1v) is 10.0.